The lowest BCUT2D eigenvalue weighted by molar-refractivity contribution is 0.148. The summed E-state index contributed by atoms with van der Waals surface area (Å²) in [6.07, 6.45) is 3.93. The smallest absolute Gasteiger partial charge is 0.0194 e. The topological polar surface area (TPSA) is 29.3 Å². The normalized spacial score (nSPS) is 31.7. The van der Waals surface area contributed by atoms with Crippen LogP contribution in [0.3, 0.4) is 0 Å². The highest BCUT2D eigenvalue weighted by atomic mass is 15.1. The van der Waals surface area contributed by atoms with Crippen molar-refractivity contribution in [3.63, 3.8) is 0 Å². The molecule has 3 atom stereocenters. The minimum Gasteiger partial charge on any atom is -0.326 e. The molecular weight excluding hydrogens is 172 g/mol. The Balaban J connectivity index is 2.25. The van der Waals surface area contributed by atoms with E-state index in [0.717, 1.165) is 12.5 Å². The number of hydrogen-bond donors (Lipinski definition) is 1. The van der Waals surface area contributed by atoms with Gasteiger partial charge in [-0.3, -0.25) is 0 Å². The molecule has 0 aliphatic carbocycles. The molecule has 84 valence electrons. The molecule has 0 aromatic rings. The van der Waals surface area contributed by atoms with E-state index in [4.69, 9.17) is 5.73 Å². The molecule has 14 heavy (non-hydrogen) atoms. The maximum atomic E-state index is 6.08. The van der Waals surface area contributed by atoms with Crippen molar-refractivity contribution in [2.75, 3.05) is 19.6 Å². The van der Waals surface area contributed by atoms with Crippen LogP contribution in [0.15, 0.2) is 0 Å². The van der Waals surface area contributed by atoms with E-state index in [1.165, 1.54) is 32.4 Å². The van der Waals surface area contributed by atoms with Crippen LogP contribution in [0.25, 0.3) is 0 Å². The van der Waals surface area contributed by atoms with Gasteiger partial charge in [-0.1, -0.05) is 27.2 Å². The van der Waals surface area contributed by atoms with Gasteiger partial charge < -0.3 is 10.6 Å². The molecule has 0 radical (unpaired) electrons. The predicted molar refractivity (Wildman–Crippen MR) is 62.3 cm³/mol. The van der Waals surface area contributed by atoms with Crippen LogP contribution in [0, 0.1) is 11.8 Å². The standard InChI is InChI=1S/C12H26N2/c1-4-5-10(2)8-14-7-6-11(3)12(13)9-14/h10-12H,4-9,13H2,1-3H3. The molecule has 0 bridgehead atoms. The summed E-state index contributed by atoms with van der Waals surface area (Å²) >= 11 is 0. The minimum absolute atomic E-state index is 0.401. The van der Waals surface area contributed by atoms with Gasteiger partial charge in [0.25, 0.3) is 0 Å². The largest absolute Gasteiger partial charge is 0.326 e. The highest BCUT2D eigenvalue weighted by Crippen LogP contribution is 2.17. The van der Waals surface area contributed by atoms with Crippen molar-refractivity contribution in [3.05, 3.63) is 0 Å². The van der Waals surface area contributed by atoms with Crippen molar-refractivity contribution in [2.45, 2.75) is 46.1 Å². The van der Waals surface area contributed by atoms with Gasteiger partial charge in [0.15, 0.2) is 0 Å². The first-order chi connectivity index (χ1) is 6.63. The highest BCUT2D eigenvalue weighted by molar-refractivity contribution is 4.81. The molecule has 1 aliphatic rings. The van der Waals surface area contributed by atoms with E-state index in [9.17, 15) is 0 Å². The zero-order valence-electron chi connectivity index (χ0n) is 10.00. The van der Waals surface area contributed by atoms with Gasteiger partial charge in [-0.05, 0) is 31.2 Å². The van der Waals surface area contributed by atoms with Crippen molar-refractivity contribution in [1.82, 2.24) is 4.90 Å². The van der Waals surface area contributed by atoms with Crippen LogP contribution >= 0.6 is 0 Å². The van der Waals surface area contributed by atoms with Gasteiger partial charge in [0.05, 0.1) is 0 Å². The molecule has 1 rings (SSSR count). The van der Waals surface area contributed by atoms with Crippen molar-refractivity contribution < 1.29 is 0 Å². The highest BCUT2D eigenvalue weighted by Gasteiger charge is 2.23. The Kier molecular flexibility index (Phi) is 4.90. The number of likely N-dealkylation sites (tertiary alicyclic amines) is 1. The van der Waals surface area contributed by atoms with E-state index < -0.39 is 0 Å². The van der Waals surface area contributed by atoms with Gasteiger partial charge in [0.2, 0.25) is 0 Å². The first kappa shape index (κ1) is 12.0. The van der Waals surface area contributed by atoms with Gasteiger partial charge in [-0.2, -0.15) is 0 Å². The molecule has 1 fully saturated rings. The lowest BCUT2D eigenvalue weighted by Gasteiger charge is -2.36. The Morgan fingerprint density at radius 3 is 2.79 bits per heavy atom. The zero-order chi connectivity index (χ0) is 10.6. The van der Waals surface area contributed by atoms with Crippen LogP contribution in [0.5, 0.6) is 0 Å². The van der Waals surface area contributed by atoms with Crippen molar-refractivity contribution >= 4 is 0 Å². The van der Waals surface area contributed by atoms with E-state index in [1.807, 2.05) is 0 Å². The third kappa shape index (κ3) is 3.58. The van der Waals surface area contributed by atoms with Gasteiger partial charge >= 0.3 is 0 Å². The molecule has 1 heterocycles. The Labute approximate surface area is 88.8 Å². The van der Waals surface area contributed by atoms with Crippen LogP contribution in [0.4, 0.5) is 0 Å². The second-order valence-corrected chi connectivity index (χ2v) is 5.08. The molecule has 2 nitrogen and oxygen atoms in total. The van der Waals surface area contributed by atoms with Gasteiger partial charge in [0.1, 0.15) is 0 Å². The van der Waals surface area contributed by atoms with E-state index in [0.29, 0.717) is 12.0 Å². The summed E-state index contributed by atoms with van der Waals surface area (Å²) < 4.78 is 0. The van der Waals surface area contributed by atoms with Crippen LogP contribution < -0.4 is 5.73 Å². The summed E-state index contributed by atoms with van der Waals surface area (Å²) in [6.45, 7) is 10.5. The Hall–Kier alpha value is -0.0800. The maximum absolute atomic E-state index is 6.08. The van der Waals surface area contributed by atoms with Crippen molar-refractivity contribution in [2.24, 2.45) is 17.6 Å². The number of hydrogen-bond acceptors (Lipinski definition) is 2. The van der Waals surface area contributed by atoms with Gasteiger partial charge in [-0.25, -0.2) is 0 Å². The third-order valence-corrected chi connectivity index (χ3v) is 3.45. The summed E-state index contributed by atoms with van der Waals surface area (Å²) in [7, 11) is 0. The van der Waals surface area contributed by atoms with Crippen LogP contribution in [-0.4, -0.2) is 30.6 Å². The fourth-order valence-electron chi connectivity index (χ4n) is 2.36. The predicted octanol–water partition coefficient (Wildman–Crippen LogP) is 2.09. The SMILES string of the molecule is CCCC(C)CN1CCC(C)C(N)C1. The van der Waals surface area contributed by atoms with E-state index in [-0.39, 0.29) is 0 Å². The van der Waals surface area contributed by atoms with E-state index in [2.05, 4.69) is 25.7 Å². The molecular formula is C12H26N2. The van der Waals surface area contributed by atoms with E-state index >= 15 is 0 Å². The molecule has 2 N–H and O–H groups in total. The Morgan fingerprint density at radius 2 is 2.21 bits per heavy atom. The monoisotopic (exact) mass is 198 g/mol. The summed E-state index contributed by atoms with van der Waals surface area (Å²) in [5.41, 5.74) is 6.08. The maximum Gasteiger partial charge on any atom is 0.0194 e. The quantitative estimate of drug-likeness (QED) is 0.749. The first-order valence-corrected chi connectivity index (χ1v) is 6.11. The average molecular weight is 198 g/mol. The molecule has 2 heteroatoms. The fraction of sp³-hybridized carbons (Fsp3) is 1.00. The van der Waals surface area contributed by atoms with Crippen LogP contribution in [0.2, 0.25) is 0 Å². The summed E-state index contributed by atoms with van der Waals surface area (Å²) in [5.74, 6) is 1.55. The number of piperidine rings is 1. The third-order valence-electron chi connectivity index (χ3n) is 3.45. The van der Waals surface area contributed by atoms with Gasteiger partial charge in [0, 0.05) is 19.1 Å². The number of rotatable bonds is 4. The average Bonchev–Trinajstić information content (AvgIpc) is 2.12. The number of nitrogens with zero attached hydrogens (tertiary/aromatic N) is 1. The molecule has 0 aromatic carbocycles. The summed E-state index contributed by atoms with van der Waals surface area (Å²) in [6, 6.07) is 0.401. The molecule has 0 spiro atoms. The molecule has 0 saturated carbocycles. The summed E-state index contributed by atoms with van der Waals surface area (Å²) in [4.78, 5) is 2.55. The molecule has 1 saturated heterocycles. The molecule has 0 aromatic heterocycles. The van der Waals surface area contributed by atoms with Crippen LogP contribution in [0.1, 0.15) is 40.0 Å². The molecule has 3 unspecified atom stereocenters. The van der Waals surface area contributed by atoms with Crippen LogP contribution in [-0.2, 0) is 0 Å². The van der Waals surface area contributed by atoms with Gasteiger partial charge in [-0.15, -0.1) is 0 Å². The van der Waals surface area contributed by atoms with Crippen molar-refractivity contribution in [1.29, 1.82) is 0 Å². The van der Waals surface area contributed by atoms with E-state index in [1.54, 1.807) is 0 Å². The lowest BCUT2D eigenvalue weighted by atomic mass is 9.93. The summed E-state index contributed by atoms with van der Waals surface area (Å²) in [5, 5.41) is 0. The minimum atomic E-state index is 0.401. The lowest BCUT2D eigenvalue weighted by Crippen LogP contribution is -2.48. The fourth-order valence-corrected chi connectivity index (χ4v) is 2.36. The zero-order valence-corrected chi connectivity index (χ0v) is 10.00. The molecule has 0 amide bonds. The first-order valence-electron chi connectivity index (χ1n) is 6.11. The molecule has 1 aliphatic heterocycles. The Bertz CT molecular complexity index is 158. The Morgan fingerprint density at radius 1 is 1.50 bits per heavy atom. The second-order valence-electron chi connectivity index (χ2n) is 5.08. The second kappa shape index (κ2) is 5.72. The van der Waals surface area contributed by atoms with Crippen molar-refractivity contribution in [3.8, 4) is 0 Å². The number of nitrogens with two attached hydrogens (primary N) is 1.